The van der Waals surface area contributed by atoms with E-state index in [0.29, 0.717) is 26.1 Å². The summed E-state index contributed by atoms with van der Waals surface area (Å²) >= 11 is 0. The minimum Gasteiger partial charge on any atom is -0.494 e. The smallest absolute Gasteiger partial charge is 0.308 e. The van der Waals surface area contributed by atoms with Gasteiger partial charge in [-0.3, -0.25) is 9.59 Å². The van der Waals surface area contributed by atoms with Crippen molar-refractivity contribution in [2.75, 3.05) is 19.7 Å². The van der Waals surface area contributed by atoms with Gasteiger partial charge in [-0.05, 0) is 31.0 Å². The third kappa shape index (κ3) is 3.50. The summed E-state index contributed by atoms with van der Waals surface area (Å²) in [5.41, 5.74) is 1.09. The number of hydrogen-bond donors (Lipinski definition) is 1. The van der Waals surface area contributed by atoms with E-state index >= 15 is 0 Å². The lowest BCUT2D eigenvalue weighted by molar-refractivity contribution is -0.141. The fraction of sp³-hybridized carbons (Fsp3) is 0.467. The lowest BCUT2D eigenvalue weighted by Crippen LogP contribution is -2.28. The van der Waals surface area contributed by atoms with E-state index in [1.54, 1.807) is 4.90 Å². The topological polar surface area (TPSA) is 66.8 Å². The molecule has 108 valence electrons. The van der Waals surface area contributed by atoms with Gasteiger partial charge in [0.2, 0.25) is 5.91 Å². The molecule has 1 aromatic carbocycles. The quantitative estimate of drug-likeness (QED) is 0.857. The minimum absolute atomic E-state index is 0.0710. The van der Waals surface area contributed by atoms with Crippen LogP contribution in [-0.2, 0) is 16.0 Å². The Morgan fingerprint density at radius 1 is 1.50 bits per heavy atom. The molecule has 1 amide bonds. The number of carbonyl (C=O) groups is 2. The average Bonchev–Trinajstić information content (AvgIpc) is 2.79. The highest BCUT2D eigenvalue weighted by Crippen LogP contribution is 2.19. The molecular weight excluding hydrogens is 258 g/mol. The van der Waals surface area contributed by atoms with E-state index in [1.165, 1.54) is 0 Å². The molecule has 1 unspecified atom stereocenters. The Balaban J connectivity index is 1.90. The SMILES string of the molecule is CCOc1cccc(CCN2CC(C(=O)O)CC2=O)c1. The fourth-order valence-electron chi connectivity index (χ4n) is 2.38. The molecule has 1 heterocycles. The highest BCUT2D eigenvalue weighted by Gasteiger charge is 2.33. The first kappa shape index (κ1) is 14.4. The molecule has 1 aliphatic heterocycles. The molecular formula is C15H19NO4. The van der Waals surface area contributed by atoms with Crippen LogP contribution in [0, 0.1) is 5.92 Å². The van der Waals surface area contributed by atoms with Crippen LogP contribution < -0.4 is 4.74 Å². The summed E-state index contributed by atoms with van der Waals surface area (Å²) in [6.45, 7) is 3.42. The number of benzene rings is 1. The van der Waals surface area contributed by atoms with Gasteiger partial charge in [-0.2, -0.15) is 0 Å². The van der Waals surface area contributed by atoms with Crippen LogP contribution in [0.25, 0.3) is 0 Å². The Morgan fingerprint density at radius 3 is 2.95 bits per heavy atom. The molecule has 5 nitrogen and oxygen atoms in total. The van der Waals surface area contributed by atoms with Gasteiger partial charge in [-0.15, -0.1) is 0 Å². The third-order valence-electron chi connectivity index (χ3n) is 3.44. The molecule has 1 N–H and O–H groups in total. The highest BCUT2D eigenvalue weighted by atomic mass is 16.5. The zero-order valence-electron chi connectivity index (χ0n) is 11.5. The van der Waals surface area contributed by atoms with Crippen LogP contribution in [0.1, 0.15) is 18.9 Å². The Labute approximate surface area is 118 Å². The molecule has 2 rings (SSSR count). The lowest BCUT2D eigenvalue weighted by atomic mass is 10.1. The first-order valence-electron chi connectivity index (χ1n) is 6.82. The number of carboxylic acid groups (broad SMARTS) is 1. The molecule has 1 atom stereocenters. The molecule has 1 aliphatic rings. The summed E-state index contributed by atoms with van der Waals surface area (Å²) in [5, 5.41) is 8.93. The van der Waals surface area contributed by atoms with Gasteiger partial charge in [0.1, 0.15) is 5.75 Å². The molecule has 0 aromatic heterocycles. The summed E-state index contributed by atoms with van der Waals surface area (Å²) < 4.78 is 5.43. The van der Waals surface area contributed by atoms with Gasteiger partial charge in [-0.25, -0.2) is 0 Å². The summed E-state index contributed by atoms with van der Waals surface area (Å²) in [5.74, 6) is -0.698. The van der Waals surface area contributed by atoms with Gasteiger partial charge in [-0.1, -0.05) is 12.1 Å². The van der Waals surface area contributed by atoms with Crippen LogP contribution in [0.5, 0.6) is 5.75 Å². The second kappa shape index (κ2) is 6.41. The monoisotopic (exact) mass is 277 g/mol. The molecule has 0 aliphatic carbocycles. The number of likely N-dealkylation sites (tertiary alicyclic amines) is 1. The Hall–Kier alpha value is -2.04. The first-order valence-corrected chi connectivity index (χ1v) is 6.82. The second-order valence-electron chi connectivity index (χ2n) is 4.91. The van der Waals surface area contributed by atoms with Crippen molar-refractivity contribution in [3.05, 3.63) is 29.8 Å². The Kier molecular flexibility index (Phi) is 4.61. The number of carboxylic acids is 1. The number of rotatable bonds is 6. The maximum Gasteiger partial charge on any atom is 0.308 e. The zero-order chi connectivity index (χ0) is 14.5. The van der Waals surface area contributed by atoms with E-state index in [2.05, 4.69) is 0 Å². The van der Waals surface area contributed by atoms with Crippen LogP contribution in [-0.4, -0.2) is 41.6 Å². The van der Waals surface area contributed by atoms with E-state index in [0.717, 1.165) is 11.3 Å². The molecule has 0 bridgehead atoms. The normalized spacial score (nSPS) is 18.4. The maximum absolute atomic E-state index is 11.7. The van der Waals surface area contributed by atoms with Gasteiger partial charge in [0.05, 0.1) is 12.5 Å². The molecule has 1 fully saturated rings. The number of amides is 1. The lowest BCUT2D eigenvalue weighted by Gasteiger charge is -2.16. The van der Waals surface area contributed by atoms with Crippen LogP contribution in [0.4, 0.5) is 0 Å². The van der Waals surface area contributed by atoms with E-state index < -0.39 is 11.9 Å². The Bertz CT molecular complexity index is 500. The minimum atomic E-state index is -0.890. The van der Waals surface area contributed by atoms with Crippen molar-refractivity contribution in [2.24, 2.45) is 5.92 Å². The average molecular weight is 277 g/mol. The summed E-state index contributed by atoms with van der Waals surface area (Å²) in [7, 11) is 0. The first-order chi connectivity index (χ1) is 9.60. The van der Waals surface area contributed by atoms with E-state index in [1.807, 2.05) is 31.2 Å². The van der Waals surface area contributed by atoms with Crippen molar-refractivity contribution < 1.29 is 19.4 Å². The molecule has 0 radical (unpaired) electrons. The van der Waals surface area contributed by atoms with Crippen LogP contribution in [0.15, 0.2) is 24.3 Å². The summed E-state index contributed by atoms with van der Waals surface area (Å²) in [6, 6.07) is 7.76. The van der Waals surface area contributed by atoms with Crippen LogP contribution in [0.2, 0.25) is 0 Å². The van der Waals surface area contributed by atoms with Gasteiger partial charge in [0.25, 0.3) is 0 Å². The fourth-order valence-corrected chi connectivity index (χ4v) is 2.38. The standard InChI is InChI=1S/C15H19NO4/c1-2-20-13-5-3-4-11(8-13)6-7-16-10-12(15(18)19)9-14(16)17/h3-5,8,12H,2,6-7,9-10H2,1H3,(H,18,19). The molecule has 0 saturated carbocycles. The zero-order valence-corrected chi connectivity index (χ0v) is 11.5. The van der Waals surface area contributed by atoms with Crippen molar-refractivity contribution in [1.29, 1.82) is 0 Å². The number of nitrogens with zero attached hydrogens (tertiary/aromatic N) is 1. The number of ether oxygens (including phenoxy) is 1. The maximum atomic E-state index is 11.7. The third-order valence-corrected chi connectivity index (χ3v) is 3.44. The molecule has 0 spiro atoms. The van der Waals surface area contributed by atoms with Crippen molar-refractivity contribution in [1.82, 2.24) is 4.90 Å². The van der Waals surface area contributed by atoms with E-state index in [4.69, 9.17) is 9.84 Å². The van der Waals surface area contributed by atoms with Gasteiger partial charge < -0.3 is 14.7 Å². The van der Waals surface area contributed by atoms with Gasteiger partial charge in [0.15, 0.2) is 0 Å². The van der Waals surface area contributed by atoms with Gasteiger partial charge >= 0.3 is 5.97 Å². The molecule has 1 aromatic rings. The molecule has 1 saturated heterocycles. The van der Waals surface area contributed by atoms with Crippen LogP contribution >= 0.6 is 0 Å². The largest absolute Gasteiger partial charge is 0.494 e. The Morgan fingerprint density at radius 2 is 2.30 bits per heavy atom. The van der Waals surface area contributed by atoms with Crippen molar-refractivity contribution in [2.45, 2.75) is 19.8 Å². The second-order valence-corrected chi connectivity index (χ2v) is 4.91. The van der Waals surface area contributed by atoms with Crippen molar-refractivity contribution in [3.8, 4) is 5.75 Å². The van der Waals surface area contributed by atoms with E-state index in [-0.39, 0.29) is 12.3 Å². The summed E-state index contributed by atoms with van der Waals surface area (Å²) in [4.78, 5) is 24.2. The van der Waals surface area contributed by atoms with Crippen molar-refractivity contribution in [3.63, 3.8) is 0 Å². The van der Waals surface area contributed by atoms with E-state index in [9.17, 15) is 9.59 Å². The molecule has 5 heteroatoms. The molecule has 20 heavy (non-hydrogen) atoms. The number of carbonyl (C=O) groups excluding carboxylic acids is 1. The van der Waals surface area contributed by atoms with Crippen LogP contribution in [0.3, 0.4) is 0 Å². The predicted molar refractivity (Wildman–Crippen MR) is 73.6 cm³/mol. The predicted octanol–water partition coefficient (Wildman–Crippen LogP) is 1.56. The number of hydrogen-bond acceptors (Lipinski definition) is 3. The number of aliphatic carboxylic acids is 1. The summed E-state index contributed by atoms with van der Waals surface area (Å²) in [6.07, 6.45) is 0.827. The van der Waals surface area contributed by atoms with Gasteiger partial charge in [0, 0.05) is 19.5 Å². The highest BCUT2D eigenvalue weighted by molar-refractivity contribution is 5.86. The van der Waals surface area contributed by atoms with Crippen molar-refractivity contribution >= 4 is 11.9 Å².